The van der Waals surface area contributed by atoms with Crippen LogP contribution >= 0.6 is 0 Å². The second kappa shape index (κ2) is 6.41. The first kappa shape index (κ1) is 12.0. The Bertz CT molecular complexity index is 141. The lowest BCUT2D eigenvalue weighted by Crippen LogP contribution is -2.49. The molecule has 0 saturated carbocycles. The molecule has 0 aliphatic carbocycles. The maximum Gasteiger partial charge on any atom is 0.0223 e. The summed E-state index contributed by atoms with van der Waals surface area (Å²) in [6.45, 7) is 10.6. The van der Waals surface area contributed by atoms with Gasteiger partial charge in [0.25, 0.3) is 0 Å². The average molecular weight is 198 g/mol. The van der Waals surface area contributed by atoms with E-state index >= 15 is 0 Å². The lowest BCUT2D eigenvalue weighted by Gasteiger charge is -2.38. The molecule has 2 heteroatoms. The van der Waals surface area contributed by atoms with Crippen molar-refractivity contribution in [2.45, 2.75) is 58.5 Å². The van der Waals surface area contributed by atoms with Crippen LogP contribution in [-0.4, -0.2) is 36.6 Å². The number of piperidine rings is 1. The molecule has 2 atom stereocenters. The molecule has 2 nitrogen and oxygen atoms in total. The van der Waals surface area contributed by atoms with E-state index in [-0.39, 0.29) is 0 Å². The summed E-state index contributed by atoms with van der Waals surface area (Å²) in [4.78, 5) is 2.68. The van der Waals surface area contributed by atoms with E-state index in [1.54, 1.807) is 0 Å². The molecule has 1 N–H and O–H groups in total. The summed E-state index contributed by atoms with van der Waals surface area (Å²) in [6, 6.07) is 1.55. The SMILES string of the molecule is CCCC(C)N(CC)C1CCCNC1. The van der Waals surface area contributed by atoms with Crippen LogP contribution < -0.4 is 5.32 Å². The zero-order valence-corrected chi connectivity index (χ0v) is 10.1. The highest BCUT2D eigenvalue weighted by molar-refractivity contribution is 4.80. The van der Waals surface area contributed by atoms with Gasteiger partial charge in [0.15, 0.2) is 0 Å². The second-order valence-electron chi connectivity index (χ2n) is 4.47. The molecule has 84 valence electrons. The van der Waals surface area contributed by atoms with Gasteiger partial charge in [-0.2, -0.15) is 0 Å². The summed E-state index contributed by atoms with van der Waals surface area (Å²) in [5.41, 5.74) is 0. The smallest absolute Gasteiger partial charge is 0.0223 e. The molecule has 0 bridgehead atoms. The van der Waals surface area contributed by atoms with E-state index in [1.807, 2.05) is 0 Å². The largest absolute Gasteiger partial charge is 0.315 e. The summed E-state index contributed by atoms with van der Waals surface area (Å²) < 4.78 is 0. The van der Waals surface area contributed by atoms with Crippen LogP contribution in [0.5, 0.6) is 0 Å². The number of hydrogen-bond donors (Lipinski definition) is 1. The molecule has 0 aromatic heterocycles. The molecule has 1 heterocycles. The van der Waals surface area contributed by atoms with Gasteiger partial charge < -0.3 is 5.32 Å². The van der Waals surface area contributed by atoms with Gasteiger partial charge in [-0.05, 0) is 39.3 Å². The number of likely N-dealkylation sites (N-methyl/N-ethyl adjacent to an activating group) is 1. The molecule has 14 heavy (non-hydrogen) atoms. The van der Waals surface area contributed by atoms with E-state index in [4.69, 9.17) is 0 Å². The van der Waals surface area contributed by atoms with Crippen molar-refractivity contribution in [2.24, 2.45) is 0 Å². The van der Waals surface area contributed by atoms with Gasteiger partial charge in [-0.15, -0.1) is 0 Å². The van der Waals surface area contributed by atoms with Gasteiger partial charge in [-0.25, -0.2) is 0 Å². The van der Waals surface area contributed by atoms with Crippen LogP contribution in [0.15, 0.2) is 0 Å². The van der Waals surface area contributed by atoms with Crippen molar-refractivity contribution in [3.8, 4) is 0 Å². The lowest BCUT2D eigenvalue weighted by atomic mass is 10.0. The maximum absolute atomic E-state index is 3.50. The molecule has 1 saturated heterocycles. The maximum atomic E-state index is 3.50. The standard InChI is InChI=1S/C12H26N2/c1-4-7-11(3)14(5-2)12-8-6-9-13-10-12/h11-13H,4-10H2,1-3H3. The van der Waals surface area contributed by atoms with Crippen molar-refractivity contribution < 1.29 is 0 Å². The first-order valence-electron chi connectivity index (χ1n) is 6.26. The third kappa shape index (κ3) is 3.25. The van der Waals surface area contributed by atoms with Gasteiger partial charge in [0.1, 0.15) is 0 Å². The molecular formula is C12H26N2. The lowest BCUT2D eigenvalue weighted by molar-refractivity contribution is 0.122. The second-order valence-corrected chi connectivity index (χ2v) is 4.47. The number of rotatable bonds is 5. The Labute approximate surface area is 89.1 Å². The van der Waals surface area contributed by atoms with Crippen molar-refractivity contribution in [3.05, 3.63) is 0 Å². The molecule has 1 rings (SSSR count). The van der Waals surface area contributed by atoms with E-state index in [9.17, 15) is 0 Å². The van der Waals surface area contributed by atoms with E-state index in [0.29, 0.717) is 0 Å². The Morgan fingerprint density at radius 2 is 2.21 bits per heavy atom. The zero-order valence-electron chi connectivity index (χ0n) is 10.1. The molecule has 0 spiro atoms. The molecule has 2 unspecified atom stereocenters. The highest BCUT2D eigenvalue weighted by Gasteiger charge is 2.22. The predicted octanol–water partition coefficient (Wildman–Crippen LogP) is 2.25. The van der Waals surface area contributed by atoms with Crippen molar-refractivity contribution in [1.29, 1.82) is 0 Å². The van der Waals surface area contributed by atoms with Crippen LogP contribution in [0.4, 0.5) is 0 Å². The normalized spacial score (nSPS) is 25.3. The van der Waals surface area contributed by atoms with Gasteiger partial charge in [-0.3, -0.25) is 4.90 Å². The van der Waals surface area contributed by atoms with Crippen LogP contribution in [0.2, 0.25) is 0 Å². The van der Waals surface area contributed by atoms with Crippen molar-refractivity contribution in [3.63, 3.8) is 0 Å². The van der Waals surface area contributed by atoms with Crippen LogP contribution in [0.3, 0.4) is 0 Å². The number of nitrogens with one attached hydrogen (secondary N) is 1. The monoisotopic (exact) mass is 198 g/mol. The summed E-state index contributed by atoms with van der Waals surface area (Å²) in [6.07, 6.45) is 5.37. The molecule has 0 aromatic carbocycles. The fourth-order valence-electron chi connectivity index (χ4n) is 2.63. The van der Waals surface area contributed by atoms with E-state index in [1.165, 1.54) is 45.3 Å². The van der Waals surface area contributed by atoms with Gasteiger partial charge in [0.2, 0.25) is 0 Å². The van der Waals surface area contributed by atoms with Gasteiger partial charge >= 0.3 is 0 Å². The fraction of sp³-hybridized carbons (Fsp3) is 1.00. The Hall–Kier alpha value is -0.0800. The average Bonchev–Trinajstić information content (AvgIpc) is 2.21. The zero-order chi connectivity index (χ0) is 10.4. The van der Waals surface area contributed by atoms with Crippen LogP contribution in [0, 0.1) is 0 Å². The Morgan fingerprint density at radius 1 is 1.43 bits per heavy atom. The molecule has 1 aliphatic heterocycles. The quantitative estimate of drug-likeness (QED) is 0.729. The third-order valence-electron chi connectivity index (χ3n) is 3.38. The third-order valence-corrected chi connectivity index (χ3v) is 3.38. The Morgan fingerprint density at radius 3 is 2.71 bits per heavy atom. The molecule has 1 fully saturated rings. The van der Waals surface area contributed by atoms with Gasteiger partial charge in [-0.1, -0.05) is 20.3 Å². The number of hydrogen-bond acceptors (Lipinski definition) is 2. The Balaban J connectivity index is 2.41. The predicted molar refractivity (Wildman–Crippen MR) is 62.6 cm³/mol. The van der Waals surface area contributed by atoms with Crippen LogP contribution in [0.1, 0.15) is 46.5 Å². The minimum atomic E-state index is 0.759. The van der Waals surface area contributed by atoms with Gasteiger partial charge in [0.05, 0.1) is 0 Å². The first-order chi connectivity index (χ1) is 6.79. The molecular weight excluding hydrogens is 172 g/mol. The summed E-state index contributed by atoms with van der Waals surface area (Å²) in [7, 11) is 0. The van der Waals surface area contributed by atoms with Crippen LogP contribution in [0.25, 0.3) is 0 Å². The van der Waals surface area contributed by atoms with Crippen molar-refractivity contribution >= 4 is 0 Å². The minimum absolute atomic E-state index is 0.759. The van der Waals surface area contributed by atoms with Crippen LogP contribution in [-0.2, 0) is 0 Å². The molecule has 1 aliphatic rings. The highest BCUT2D eigenvalue weighted by atomic mass is 15.2. The molecule has 0 radical (unpaired) electrons. The fourth-order valence-corrected chi connectivity index (χ4v) is 2.63. The van der Waals surface area contributed by atoms with E-state index in [0.717, 1.165) is 12.1 Å². The highest BCUT2D eigenvalue weighted by Crippen LogP contribution is 2.15. The molecule has 0 amide bonds. The summed E-state index contributed by atoms with van der Waals surface area (Å²) in [5.74, 6) is 0. The van der Waals surface area contributed by atoms with E-state index < -0.39 is 0 Å². The van der Waals surface area contributed by atoms with Crippen molar-refractivity contribution in [2.75, 3.05) is 19.6 Å². The van der Waals surface area contributed by atoms with Crippen molar-refractivity contribution in [1.82, 2.24) is 10.2 Å². The van der Waals surface area contributed by atoms with E-state index in [2.05, 4.69) is 31.0 Å². The first-order valence-corrected chi connectivity index (χ1v) is 6.26. The molecule has 0 aromatic rings. The summed E-state index contributed by atoms with van der Waals surface area (Å²) >= 11 is 0. The topological polar surface area (TPSA) is 15.3 Å². The summed E-state index contributed by atoms with van der Waals surface area (Å²) in [5, 5.41) is 3.50. The van der Waals surface area contributed by atoms with Gasteiger partial charge in [0, 0.05) is 18.6 Å². The minimum Gasteiger partial charge on any atom is -0.315 e. The Kier molecular flexibility index (Phi) is 5.49. The number of nitrogens with zero attached hydrogens (tertiary/aromatic N) is 1.